The highest BCUT2D eigenvalue weighted by Gasteiger charge is 2.36. The van der Waals surface area contributed by atoms with Crippen LogP contribution in [0.1, 0.15) is 17.4 Å². The minimum absolute atomic E-state index is 0.0917. The molecule has 118 valence electrons. The summed E-state index contributed by atoms with van der Waals surface area (Å²) in [5.74, 6) is 1.62. The Balaban J connectivity index is 2.00. The summed E-state index contributed by atoms with van der Waals surface area (Å²) in [6.45, 7) is 4.60. The van der Waals surface area contributed by atoms with Crippen molar-refractivity contribution in [3.8, 4) is 0 Å². The van der Waals surface area contributed by atoms with Gasteiger partial charge in [0.25, 0.3) is 0 Å². The molecule has 1 fully saturated rings. The molecule has 0 bridgehead atoms. The fourth-order valence-electron chi connectivity index (χ4n) is 2.14. The normalized spacial score (nSPS) is 17.0. The second-order valence-corrected chi connectivity index (χ2v) is 7.74. The molecule has 0 spiro atoms. The van der Waals surface area contributed by atoms with Crippen LogP contribution in [0.3, 0.4) is 0 Å². The van der Waals surface area contributed by atoms with Crippen molar-refractivity contribution in [1.82, 2.24) is 19.2 Å². The summed E-state index contributed by atoms with van der Waals surface area (Å²) in [7, 11) is 0.946. The van der Waals surface area contributed by atoms with Gasteiger partial charge in [-0.2, -0.15) is 0 Å². The monoisotopic (exact) mass is 313 g/mol. The van der Waals surface area contributed by atoms with Crippen LogP contribution in [-0.4, -0.2) is 74.1 Å². The number of aromatic nitrogens is 2. The molecule has 1 aliphatic rings. The number of nitrogens with zero attached hydrogens (tertiary/aromatic N) is 4. The van der Waals surface area contributed by atoms with Crippen LogP contribution >= 0.6 is 0 Å². The summed E-state index contributed by atoms with van der Waals surface area (Å²) in [6, 6.07) is 1.91. The van der Waals surface area contributed by atoms with Gasteiger partial charge in [0, 0.05) is 43.9 Å². The molecular formula is C13H23N5O2S. The van der Waals surface area contributed by atoms with Crippen molar-refractivity contribution >= 4 is 15.8 Å². The van der Waals surface area contributed by atoms with Gasteiger partial charge in [-0.1, -0.05) is 0 Å². The van der Waals surface area contributed by atoms with Gasteiger partial charge >= 0.3 is 0 Å². The van der Waals surface area contributed by atoms with E-state index < -0.39 is 10.0 Å². The van der Waals surface area contributed by atoms with E-state index in [0.717, 1.165) is 30.4 Å². The van der Waals surface area contributed by atoms with Crippen LogP contribution in [0, 0.1) is 6.92 Å². The van der Waals surface area contributed by atoms with E-state index in [1.807, 2.05) is 27.1 Å². The minimum atomic E-state index is -3.09. The first-order valence-electron chi connectivity index (χ1n) is 6.95. The zero-order valence-corrected chi connectivity index (χ0v) is 13.8. The molecule has 21 heavy (non-hydrogen) atoms. The molecule has 0 saturated carbocycles. The van der Waals surface area contributed by atoms with Crippen molar-refractivity contribution in [1.29, 1.82) is 0 Å². The Bertz CT molecular complexity index is 597. The zero-order chi connectivity index (χ0) is 15.6. The highest BCUT2D eigenvalue weighted by atomic mass is 32.2. The Labute approximate surface area is 126 Å². The molecule has 7 nitrogen and oxygen atoms in total. The van der Waals surface area contributed by atoms with E-state index in [-0.39, 0.29) is 5.92 Å². The molecule has 1 aliphatic heterocycles. The molecule has 0 unspecified atom stereocenters. The van der Waals surface area contributed by atoms with Gasteiger partial charge in [-0.15, -0.1) is 0 Å². The van der Waals surface area contributed by atoms with Crippen LogP contribution in [0.15, 0.2) is 6.07 Å². The summed E-state index contributed by atoms with van der Waals surface area (Å²) in [5, 5.41) is 3.28. The number of anilines is 1. The van der Waals surface area contributed by atoms with E-state index in [1.54, 1.807) is 0 Å². The van der Waals surface area contributed by atoms with Crippen molar-refractivity contribution in [3.05, 3.63) is 17.6 Å². The van der Waals surface area contributed by atoms with Crippen molar-refractivity contribution in [2.45, 2.75) is 12.8 Å². The molecule has 0 amide bonds. The van der Waals surface area contributed by atoms with Crippen molar-refractivity contribution in [2.24, 2.45) is 0 Å². The molecular weight excluding hydrogens is 290 g/mol. The number of nitrogens with one attached hydrogen (secondary N) is 1. The van der Waals surface area contributed by atoms with Crippen LogP contribution in [0.5, 0.6) is 0 Å². The van der Waals surface area contributed by atoms with Gasteiger partial charge in [0.05, 0.1) is 6.26 Å². The Morgan fingerprint density at radius 3 is 2.62 bits per heavy atom. The van der Waals surface area contributed by atoms with Gasteiger partial charge in [0.2, 0.25) is 10.0 Å². The second-order valence-electron chi connectivity index (χ2n) is 5.76. The quantitative estimate of drug-likeness (QED) is 0.803. The topological polar surface area (TPSA) is 78.4 Å². The summed E-state index contributed by atoms with van der Waals surface area (Å²) >= 11 is 0. The van der Waals surface area contributed by atoms with E-state index in [9.17, 15) is 8.42 Å². The second kappa shape index (κ2) is 6.25. The van der Waals surface area contributed by atoms with E-state index in [1.165, 1.54) is 10.6 Å². The van der Waals surface area contributed by atoms with Crippen LogP contribution in [-0.2, 0) is 10.0 Å². The van der Waals surface area contributed by atoms with Crippen LogP contribution in [0.2, 0.25) is 0 Å². The number of hydrogen-bond donors (Lipinski definition) is 1. The SMILES string of the molecule is Cc1cc(NCCN(C)C)nc(C2CN(S(C)(=O)=O)C2)n1. The Hall–Kier alpha value is -1.25. The van der Waals surface area contributed by atoms with Crippen molar-refractivity contribution < 1.29 is 8.42 Å². The molecule has 0 aromatic carbocycles. The molecule has 0 aliphatic carbocycles. The number of likely N-dealkylation sites (N-methyl/N-ethyl adjacent to an activating group) is 1. The summed E-state index contributed by atoms with van der Waals surface area (Å²) in [6.07, 6.45) is 1.23. The van der Waals surface area contributed by atoms with Gasteiger partial charge in [-0.25, -0.2) is 22.7 Å². The average Bonchev–Trinajstić information content (AvgIpc) is 2.23. The lowest BCUT2D eigenvalue weighted by atomic mass is 10.0. The lowest BCUT2D eigenvalue weighted by Crippen LogP contribution is -2.48. The maximum absolute atomic E-state index is 11.4. The van der Waals surface area contributed by atoms with E-state index in [4.69, 9.17) is 0 Å². The van der Waals surface area contributed by atoms with Crippen LogP contribution in [0.4, 0.5) is 5.82 Å². The molecule has 0 radical (unpaired) electrons. The summed E-state index contributed by atoms with van der Waals surface area (Å²) < 4.78 is 24.2. The first kappa shape index (κ1) is 16.1. The van der Waals surface area contributed by atoms with Crippen LogP contribution in [0.25, 0.3) is 0 Å². The van der Waals surface area contributed by atoms with Gasteiger partial charge in [-0.3, -0.25) is 0 Å². The predicted molar refractivity (Wildman–Crippen MR) is 83.0 cm³/mol. The van der Waals surface area contributed by atoms with Gasteiger partial charge in [0.1, 0.15) is 11.6 Å². The molecule has 1 saturated heterocycles. The molecule has 1 aromatic heterocycles. The molecule has 0 atom stereocenters. The minimum Gasteiger partial charge on any atom is -0.369 e. The van der Waals surface area contributed by atoms with Gasteiger partial charge < -0.3 is 10.2 Å². The maximum atomic E-state index is 11.4. The average molecular weight is 313 g/mol. The highest BCUT2D eigenvalue weighted by molar-refractivity contribution is 7.88. The molecule has 2 rings (SSSR count). The molecule has 2 heterocycles. The number of rotatable bonds is 6. The third-order valence-electron chi connectivity index (χ3n) is 3.42. The first-order chi connectivity index (χ1) is 9.75. The fraction of sp³-hybridized carbons (Fsp3) is 0.692. The summed E-state index contributed by atoms with van der Waals surface area (Å²) in [4.78, 5) is 11.0. The lowest BCUT2D eigenvalue weighted by molar-refractivity contribution is 0.257. The highest BCUT2D eigenvalue weighted by Crippen LogP contribution is 2.27. The van der Waals surface area contributed by atoms with E-state index in [2.05, 4.69) is 20.2 Å². The van der Waals surface area contributed by atoms with E-state index in [0.29, 0.717) is 13.1 Å². The Morgan fingerprint density at radius 1 is 1.38 bits per heavy atom. The molecule has 1 N–H and O–H groups in total. The van der Waals surface area contributed by atoms with Crippen LogP contribution < -0.4 is 5.32 Å². The lowest BCUT2D eigenvalue weighted by Gasteiger charge is -2.36. The van der Waals surface area contributed by atoms with Crippen molar-refractivity contribution in [2.75, 3.05) is 51.8 Å². The standard InChI is InChI=1S/C13H23N5O2S/c1-10-7-12(14-5-6-17(2)3)16-13(15-10)11-8-18(9-11)21(4,19)20/h7,11H,5-6,8-9H2,1-4H3,(H,14,15,16). The smallest absolute Gasteiger partial charge is 0.211 e. The first-order valence-corrected chi connectivity index (χ1v) is 8.80. The zero-order valence-electron chi connectivity index (χ0n) is 13.0. The number of hydrogen-bond acceptors (Lipinski definition) is 6. The molecule has 8 heteroatoms. The maximum Gasteiger partial charge on any atom is 0.211 e. The van der Waals surface area contributed by atoms with Gasteiger partial charge in [0.15, 0.2) is 0 Å². The number of aryl methyl sites for hydroxylation is 1. The third-order valence-corrected chi connectivity index (χ3v) is 4.66. The third kappa shape index (κ3) is 4.36. The number of sulfonamides is 1. The predicted octanol–water partition coefficient (Wildman–Crippen LogP) is 0.117. The Kier molecular flexibility index (Phi) is 4.80. The molecule has 1 aromatic rings. The van der Waals surface area contributed by atoms with E-state index >= 15 is 0 Å². The van der Waals surface area contributed by atoms with Crippen molar-refractivity contribution in [3.63, 3.8) is 0 Å². The fourth-order valence-corrected chi connectivity index (χ4v) is 3.05. The largest absolute Gasteiger partial charge is 0.369 e. The van der Waals surface area contributed by atoms with Gasteiger partial charge in [-0.05, 0) is 21.0 Å². The summed E-state index contributed by atoms with van der Waals surface area (Å²) in [5.41, 5.74) is 0.894. The Morgan fingerprint density at radius 2 is 2.05 bits per heavy atom.